The van der Waals surface area contributed by atoms with Crippen molar-refractivity contribution in [2.45, 2.75) is 37.8 Å². The number of anilines is 2. The van der Waals surface area contributed by atoms with Crippen LogP contribution in [0.2, 0.25) is 0 Å². The Kier molecular flexibility index (Phi) is 6.90. The molecular formula is C22H26ClN3O3. The summed E-state index contributed by atoms with van der Waals surface area (Å²) in [5.41, 5.74) is 3.85. The quantitative estimate of drug-likeness (QED) is 0.715. The van der Waals surface area contributed by atoms with Crippen molar-refractivity contribution in [3.05, 3.63) is 59.7 Å². The van der Waals surface area contributed by atoms with Gasteiger partial charge in [0.15, 0.2) is 0 Å². The van der Waals surface area contributed by atoms with Gasteiger partial charge in [0.1, 0.15) is 0 Å². The van der Waals surface area contributed by atoms with E-state index in [9.17, 15) is 14.7 Å². The van der Waals surface area contributed by atoms with Crippen molar-refractivity contribution in [3.63, 3.8) is 0 Å². The first kappa shape index (κ1) is 21.3. The molecule has 0 radical (unpaired) electrons. The number of rotatable bonds is 4. The minimum absolute atomic E-state index is 0. The van der Waals surface area contributed by atoms with E-state index in [1.807, 2.05) is 47.4 Å². The SMILES string of the molecule is Cl.O=C(Nc1ccc(CC(=O)N2CCCc3ccccc32)cc1)C1CC(O)CN1. The molecule has 0 aliphatic carbocycles. The van der Waals surface area contributed by atoms with Gasteiger partial charge in [-0.3, -0.25) is 9.59 Å². The third kappa shape index (κ3) is 4.96. The van der Waals surface area contributed by atoms with Crippen molar-refractivity contribution in [3.8, 4) is 0 Å². The van der Waals surface area contributed by atoms with Crippen LogP contribution in [0.3, 0.4) is 0 Å². The third-order valence-electron chi connectivity index (χ3n) is 5.41. The zero-order valence-corrected chi connectivity index (χ0v) is 17.0. The standard InChI is InChI=1S/C22H25N3O3.ClH/c26-18-13-19(23-14-18)22(28)24-17-9-7-15(8-10-17)12-21(27)25-11-3-5-16-4-1-2-6-20(16)25;/h1-2,4,6-10,18-19,23,26H,3,5,11-14H2,(H,24,28);1H. The Labute approximate surface area is 176 Å². The summed E-state index contributed by atoms with van der Waals surface area (Å²) >= 11 is 0. The van der Waals surface area contributed by atoms with Gasteiger partial charge in [-0.1, -0.05) is 30.3 Å². The number of aliphatic hydroxyl groups excluding tert-OH is 1. The molecule has 2 aromatic rings. The predicted octanol–water partition coefficient (Wildman–Crippen LogP) is 2.29. The van der Waals surface area contributed by atoms with E-state index < -0.39 is 6.10 Å². The fraction of sp³-hybridized carbons (Fsp3) is 0.364. The maximum atomic E-state index is 12.8. The molecule has 2 heterocycles. The summed E-state index contributed by atoms with van der Waals surface area (Å²) in [6.07, 6.45) is 2.29. The maximum Gasteiger partial charge on any atom is 0.241 e. The smallest absolute Gasteiger partial charge is 0.241 e. The topological polar surface area (TPSA) is 81.7 Å². The summed E-state index contributed by atoms with van der Waals surface area (Å²) < 4.78 is 0. The van der Waals surface area contributed by atoms with Crippen LogP contribution in [-0.4, -0.2) is 42.2 Å². The van der Waals surface area contributed by atoms with E-state index in [1.165, 1.54) is 5.56 Å². The minimum atomic E-state index is -0.468. The minimum Gasteiger partial charge on any atom is -0.392 e. The third-order valence-corrected chi connectivity index (χ3v) is 5.41. The number of hydrogen-bond donors (Lipinski definition) is 3. The fourth-order valence-electron chi connectivity index (χ4n) is 3.91. The van der Waals surface area contributed by atoms with Gasteiger partial charge in [0.2, 0.25) is 11.8 Å². The number of aryl methyl sites for hydroxylation is 1. The molecule has 2 unspecified atom stereocenters. The highest BCUT2D eigenvalue weighted by Gasteiger charge is 2.28. The van der Waals surface area contributed by atoms with Gasteiger partial charge >= 0.3 is 0 Å². The van der Waals surface area contributed by atoms with Crippen molar-refractivity contribution in [2.75, 3.05) is 23.3 Å². The van der Waals surface area contributed by atoms with Crippen LogP contribution in [0.15, 0.2) is 48.5 Å². The van der Waals surface area contributed by atoms with Crippen molar-refractivity contribution in [1.29, 1.82) is 0 Å². The summed E-state index contributed by atoms with van der Waals surface area (Å²) in [5, 5.41) is 15.4. The number of nitrogens with one attached hydrogen (secondary N) is 2. The van der Waals surface area contributed by atoms with Gasteiger partial charge < -0.3 is 20.6 Å². The number of aliphatic hydroxyl groups is 1. The number of β-amino-alcohol motifs (C(OH)–C–C–N with tert-alkyl or cyclic N) is 1. The molecule has 1 fully saturated rings. The first-order valence-electron chi connectivity index (χ1n) is 9.79. The molecule has 29 heavy (non-hydrogen) atoms. The van der Waals surface area contributed by atoms with Crippen LogP contribution < -0.4 is 15.5 Å². The molecule has 0 spiro atoms. The predicted molar refractivity (Wildman–Crippen MR) is 116 cm³/mol. The number of carbonyl (C=O) groups is 2. The first-order valence-corrected chi connectivity index (χ1v) is 9.79. The molecule has 154 valence electrons. The molecule has 6 nitrogen and oxygen atoms in total. The van der Waals surface area contributed by atoms with Crippen molar-refractivity contribution < 1.29 is 14.7 Å². The number of nitrogens with zero attached hydrogens (tertiary/aromatic N) is 1. The molecule has 4 rings (SSSR count). The van der Waals surface area contributed by atoms with Crippen LogP contribution in [0.25, 0.3) is 0 Å². The molecule has 0 bridgehead atoms. The molecule has 1 saturated heterocycles. The second-order valence-corrected chi connectivity index (χ2v) is 7.49. The molecule has 7 heteroatoms. The zero-order valence-electron chi connectivity index (χ0n) is 16.1. The van der Waals surface area contributed by atoms with Gasteiger partial charge in [0.05, 0.1) is 18.6 Å². The Morgan fingerprint density at radius 2 is 1.90 bits per heavy atom. The van der Waals surface area contributed by atoms with Crippen LogP contribution in [0.5, 0.6) is 0 Å². The van der Waals surface area contributed by atoms with Crippen LogP contribution in [0.4, 0.5) is 11.4 Å². The Balaban J connectivity index is 0.00000240. The molecule has 0 aromatic heterocycles. The Morgan fingerprint density at radius 3 is 2.62 bits per heavy atom. The van der Waals surface area contributed by atoms with Gasteiger partial charge in [-0.15, -0.1) is 12.4 Å². The van der Waals surface area contributed by atoms with Crippen LogP contribution in [0, 0.1) is 0 Å². The number of amides is 2. The largest absolute Gasteiger partial charge is 0.392 e. The Hall–Kier alpha value is -2.41. The van der Waals surface area contributed by atoms with E-state index in [0.717, 1.165) is 30.6 Å². The monoisotopic (exact) mass is 415 g/mol. The highest BCUT2D eigenvalue weighted by Crippen LogP contribution is 2.27. The number of benzene rings is 2. The van der Waals surface area contributed by atoms with Crippen molar-refractivity contribution in [2.24, 2.45) is 0 Å². The Morgan fingerprint density at radius 1 is 1.14 bits per heavy atom. The highest BCUT2D eigenvalue weighted by atomic mass is 35.5. The van der Waals surface area contributed by atoms with Crippen molar-refractivity contribution in [1.82, 2.24) is 5.32 Å². The Bertz CT molecular complexity index is 872. The van der Waals surface area contributed by atoms with E-state index in [0.29, 0.717) is 25.1 Å². The van der Waals surface area contributed by atoms with Gasteiger partial charge in [0, 0.05) is 24.5 Å². The molecular weight excluding hydrogens is 390 g/mol. The fourth-order valence-corrected chi connectivity index (χ4v) is 3.91. The molecule has 2 aliphatic rings. The van der Waals surface area contributed by atoms with E-state index in [-0.39, 0.29) is 30.3 Å². The van der Waals surface area contributed by atoms with E-state index in [1.54, 1.807) is 0 Å². The van der Waals surface area contributed by atoms with Gasteiger partial charge in [0.25, 0.3) is 0 Å². The molecule has 2 aromatic carbocycles. The molecule has 3 N–H and O–H groups in total. The normalized spacial score (nSPS) is 20.5. The lowest BCUT2D eigenvalue weighted by Gasteiger charge is -2.29. The van der Waals surface area contributed by atoms with Crippen molar-refractivity contribution >= 4 is 35.6 Å². The molecule has 2 aliphatic heterocycles. The second-order valence-electron chi connectivity index (χ2n) is 7.49. The average molecular weight is 416 g/mol. The summed E-state index contributed by atoms with van der Waals surface area (Å²) in [4.78, 5) is 26.9. The molecule has 0 saturated carbocycles. The summed E-state index contributed by atoms with van der Waals surface area (Å²) in [7, 11) is 0. The average Bonchev–Trinajstić information content (AvgIpc) is 3.15. The van der Waals surface area contributed by atoms with Gasteiger partial charge in [-0.2, -0.15) is 0 Å². The summed E-state index contributed by atoms with van der Waals surface area (Å²) in [5.74, 6) is -0.0571. The van der Waals surface area contributed by atoms with Gasteiger partial charge in [-0.25, -0.2) is 0 Å². The summed E-state index contributed by atoms with van der Waals surface area (Å²) in [6.45, 7) is 1.20. The van der Waals surface area contributed by atoms with Crippen LogP contribution >= 0.6 is 12.4 Å². The lowest BCUT2D eigenvalue weighted by Crippen LogP contribution is -2.36. The van der Waals surface area contributed by atoms with Crippen LogP contribution in [0.1, 0.15) is 24.0 Å². The number of halogens is 1. The number of hydrogen-bond acceptors (Lipinski definition) is 4. The first-order chi connectivity index (χ1) is 13.6. The lowest BCUT2D eigenvalue weighted by atomic mass is 10.0. The number of fused-ring (bicyclic) bond motifs is 1. The zero-order chi connectivity index (χ0) is 19.5. The van der Waals surface area contributed by atoms with Crippen LogP contribution in [-0.2, 0) is 22.4 Å². The number of carbonyl (C=O) groups excluding carboxylic acids is 2. The van der Waals surface area contributed by atoms with E-state index in [2.05, 4.69) is 16.7 Å². The summed E-state index contributed by atoms with van der Waals surface area (Å²) in [6, 6.07) is 15.1. The maximum absolute atomic E-state index is 12.8. The lowest BCUT2D eigenvalue weighted by molar-refractivity contribution is -0.118. The van der Waals surface area contributed by atoms with E-state index in [4.69, 9.17) is 0 Å². The molecule has 2 amide bonds. The number of para-hydroxylation sites is 1. The molecule has 2 atom stereocenters. The second kappa shape index (κ2) is 9.39. The highest BCUT2D eigenvalue weighted by molar-refractivity contribution is 5.96. The van der Waals surface area contributed by atoms with Gasteiger partial charge in [-0.05, 0) is 48.6 Å². The van der Waals surface area contributed by atoms with E-state index >= 15 is 0 Å².